The van der Waals surface area contributed by atoms with E-state index < -0.39 is 0 Å². The number of hydrogen-bond donors (Lipinski definition) is 0. The van der Waals surface area contributed by atoms with Crippen LogP contribution in [0.3, 0.4) is 0 Å². The van der Waals surface area contributed by atoms with Crippen molar-refractivity contribution in [2.24, 2.45) is 0 Å². The topological polar surface area (TPSA) is 39.2 Å². The monoisotopic (exact) mass is 189 g/mol. The van der Waals surface area contributed by atoms with Crippen LogP contribution in [-0.2, 0) is 9.53 Å². The first-order valence-electron chi connectivity index (χ1n) is 4.20. The smallest absolute Gasteiger partial charge is 0.317 e. The highest BCUT2D eigenvalue weighted by molar-refractivity contribution is 5.72. The summed E-state index contributed by atoms with van der Waals surface area (Å²) in [6.07, 6.45) is 3.54. The zero-order valence-electron chi connectivity index (χ0n) is 8.20. The minimum Gasteiger partial charge on any atom is -0.468 e. The molecule has 3 heteroatoms. The molecule has 0 N–H and O–H groups in total. The van der Waals surface area contributed by atoms with Crippen LogP contribution < -0.4 is 0 Å². The van der Waals surface area contributed by atoms with E-state index in [0.29, 0.717) is 0 Å². The number of carbonyl (C=O) groups is 1. The highest BCUT2D eigenvalue weighted by Crippen LogP contribution is 2.02. The molecular formula is C11H11NO2. The lowest BCUT2D eigenvalue weighted by atomic mass is 10.1. The number of aromatic nitrogens is 1. The summed E-state index contributed by atoms with van der Waals surface area (Å²) in [4.78, 5) is 14.7. The molecule has 1 aromatic rings. The van der Waals surface area contributed by atoms with Crippen molar-refractivity contribution in [3.63, 3.8) is 0 Å². The van der Waals surface area contributed by atoms with Gasteiger partial charge in [-0.05, 0) is 18.6 Å². The molecule has 0 aliphatic heterocycles. The molecule has 1 rings (SSSR count). The number of carbonyl (C=O) groups excluding carboxylic acids is 1. The molecule has 0 spiro atoms. The van der Waals surface area contributed by atoms with Crippen LogP contribution in [0.5, 0.6) is 0 Å². The molecule has 0 saturated carbocycles. The normalized spacial score (nSPS) is 8.71. The van der Waals surface area contributed by atoms with Gasteiger partial charge in [-0.2, -0.15) is 0 Å². The Morgan fingerprint density at radius 2 is 2.43 bits per heavy atom. The zero-order chi connectivity index (χ0) is 10.4. The molecule has 0 aromatic carbocycles. The van der Waals surface area contributed by atoms with Crippen LogP contribution in [-0.4, -0.2) is 18.1 Å². The Kier molecular flexibility index (Phi) is 3.69. The number of methoxy groups -OCH3 is 1. The van der Waals surface area contributed by atoms with Crippen molar-refractivity contribution in [1.82, 2.24) is 4.98 Å². The van der Waals surface area contributed by atoms with Gasteiger partial charge >= 0.3 is 5.97 Å². The average molecular weight is 189 g/mol. The number of ether oxygens (including phenoxy) is 1. The van der Waals surface area contributed by atoms with Crippen molar-refractivity contribution in [3.8, 4) is 11.8 Å². The van der Waals surface area contributed by atoms with Crippen molar-refractivity contribution in [1.29, 1.82) is 0 Å². The highest BCUT2D eigenvalue weighted by atomic mass is 16.5. The van der Waals surface area contributed by atoms with Gasteiger partial charge in [0.05, 0.1) is 7.11 Å². The first kappa shape index (κ1) is 10.3. The predicted octanol–water partition coefficient (Wildman–Crippen LogP) is 1.30. The van der Waals surface area contributed by atoms with E-state index in [1.807, 2.05) is 13.0 Å². The third-order valence-corrected chi connectivity index (χ3v) is 1.70. The van der Waals surface area contributed by atoms with Gasteiger partial charge in [-0.3, -0.25) is 9.78 Å². The van der Waals surface area contributed by atoms with Crippen LogP contribution in [0, 0.1) is 18.8 Å². The van der Waals surface area contributed by atoms with Crippen LogP contribution in [0.15, 0.2) is 18.5 Å². The van der Waals surface area contributed by atoms with Gasteiger partial charge in [0.25, 0.3) is 0 Å². The van der Waals surface area contributed by atoms with Crippen molar-refractivity contribution in [2.75, 3.05) is 7.11 Å². The number of pyridine rings is 1. The summed E-state index contributed by atoms with van der Waals surface area (Å²) in [5, 5.41) is 0. The van der Waals surface area contributed by atoms with Crippen LogP contribution in [0.2, 0.25) is 0 Å². The third-order valence-electron chi connectivity index (χ3n) is 1.70. The fourth-order valence-electron chi connectivity index (χ4n) is 0.897. The SMILES string of the molecule is COC(=O)CC#Cc1ccncc1C. The molecule has 0 aliphatic rings. The summed E-state index contributed by atoms with van der Waals surface area (Å²) >= 11 is 0. The highest BCUT2D eigenvalue weighted by Gasteiger charge is 1.95. The molecule has 0 unspecified atom stereocenters. The second kappa shape index (κ2) is 5.03. The third kappa shape index (κ3) is 2.91. The maximum absolute atomic E-state index is 10.7. The van der Waals surface area contributed by atoms with E-state index in [-0.39, 0.29) is 12.4 Å². The predicted molar refractivity (Wildman–Crippen MR) is 52.5 cm³/mol. The van der Waals surface area contributed by atoms with Gasteiger partial charge in [-0.1, -0.05) is 11.8 Å². The van der Waals surface area contributed by atoms with E-state index in [1.165, 1.54) is 7.11 Å². The van der Waals surface area contributed by atoms with E-state index in [9.17, 15) is 4.79 Å². The number of esters is 1. The standard InChI is InChI=1S/C11H11NO2/c1-9-8-12-7-6-10(9)4-3-5-11(13)14-2/h6-8H,5H2,1-2H3. The van der Waals surface area contributed by atoms with Crippen molar-refractivity contribution >= 4 is 5.97 Å². The lowest BCUT2D eigenvalue weighted by Gasteiger charge is -1.94. The van der Waals surface area contributed by atoms with Crippen molar-refractivity contribution in [3.05, 3.63) is 29.6 Å². The van der Waals surface area contributed by atoms with Crippen LogP contribution in [0.4, 0.5) is 0 Å². The van der Waals surface area contributed by atoms with Gasteiger partial charge in [0.1, 0.15) is 6.42 Å². The van der Waals surface area contributed by atoms with Crippen LogP contribution >= 0.6 is 0 Å². The Labute approximate surface area is 83.1 Å². The Balaban J connectivity index is 2.68. The Bertz CT molecular complexity index is 388. The number of aryl methyl sites for hydroxylation is 1. The summed E-state index contributed by atoms with van der Waals surface area (Å²) < 4.78 is 4.46. The largest absolute Gasteiger partial charge is 0.468 e. The van der Waals surface area contributed by atoms with Gasteiger partial charge in [0, 0.05) is 18.0 Å². The molecule has 3 nitrogen and oxygen atoms in total. The summed E-state index contributed by atoms with van der Waals surface area (Å²) in [6.45, 7) is 1.93. The second-order valence-corrected chi connectivity index (χ2v) is 2.75. The van der Waals surface area contributed by atoms with Gasteiger partial charge in [0.2, 0.25) is 0 Å². The van der Waals surface area contributed by atoms with Gasteiger partial charge in [-0.25, -0.2) is 0 Å². The lowest BCUT2D eigenvalue weighted by molar-refractivity contribution is -0.139. The maximum atomic E-state index is 10.7. The summed E-state index contributed by atoms with van der Waals surface area (Å²) in [5.74, 6) is 5.31. The Morgan fingerprint density at radius 1 is 1.64 bits per heavy atom. The van der Waals surface area contributed by atoms with E-state index in [4.69, 9.17) is 0 Å². The first-order chi connectivity index (χ1) is 6.74. The molecule has 0 bridgehead atoms. The fourth-order valence-corrected chi connectivity index (χ4v) is 0.897. The minimum absolute atomic E-state index is 0.123. The summed E-state index contributed by atoms with van der Waals surface area (Å²) in [5.41, 5.74) is 1.90. The molecule has 0 fully saturated rings. The summed E-state index contributed by atoms with van der Waals surface area (Å²) in [7, 11) is 1.35. The zero-order valence-corrected chi connectivity index (χ0v) is 8.20. The molecule has 0 atom stereocenters. The first-order valence-corrected chi connectivity index (χ1v) is 4.20. The molecule has 1 aromatic heterocycles. The van der Waals surface area contributed by atoms with E-state index >= 15 is 0 Å². The number of nitrogens with zero attached hydrogens (tertiary/aromatic N) is 1. The molecular weight excluding hydrogens is 178 g/mol. The van der Waals surface area contributed by atoms with E-state index in [1.54, 1.807) is 12.4 Å². The minimum atomic E-state index is -0.316. The Hall–Kier alpha value is -1.82. The molecule has 0 amide bonds. The molecule has 72 valence electrons. The van der Waals surface area contributed by atoms with Crippen molar-refractivity contribution in [2.45, 2.75) is 13.3 Å². The van der Waals surface area contributed by atoms with Gasteiger partial charge in [-0.15, -0.1) is 0 Å². The summed E-state index contributed by atoms with van der Waals surface area (Å²) in [6, 6.07) is 1.82. The average Bonchev–Trinajstić information content (AvgIpc) is 2.20. The van der Waals surface area contributed by atoms with Gasteiger partial charge in [0.15, 0.2) is 0 Å². The molecule has 0 radical (unpaired) electrons. The van der Waals surface area contributed by atoms with Crippen LogP contribution in [0.25, 0.3) is 0 Å². The van der Waals surface area contributed by atoms with E-state index in [2.05, 4.69) is 21.6 Å². The quantitative estimate of drug-likeness (QED) is 0.494. The molecule has 0 saturated heterocycles. The molecule has 14 heavy (non-hydrogen) atoms. The lowest BCUT2D eigenvalue weighted by Crippen LogP contribution is -1.97. The Morgan fingerprint density at radius 3 is 3.07 bits per heavy atom. The number of rotatable bonds is 1. The maximum Gasteiger partial charge on any atom is 0.317 e. The van der Waals surface area contributed by atoms with E-state index in [0.717, 1.165) is 11.1 Å². The van der Waals surface area contributed by atoms with Gasteiger partial charge < -0.3 is 4.74 Å². The fraction of sp³-hybridized carbons (Fsp3) is 0.273. The molecule has 0 aliphatic carbocycles. The second-order valence-electron chi connectivity index (χ2n) is 2.75. The van der Waals surface area contributed by atoms with Crippen molar-refractivity contribution < 1.29 is 9.53 Å². The number of hydrogen-bond acceptors (Lipinski definition) is 3. The van der Waals surface area contributed by atoms with Crippen LogP contribution in [0.1, 0.15) is 17.5 Å². The molecule has 1 heterocycles.